The standard InChI is InChI=1S/C31H38O6/c1-31(2,3)37-30-27(32)29(35-21-25-17-11-6-12-18-25)28(34-20-24-15-9-5-10-16-24)26(36-30)22-33-19-23-13-7-4-8-14-23/h4-18,26-30,32H,19-22H2,1-3H3/t26-,27+,28-,29+,30+/m1/s1. The van der Waals surface area contributed by atoms with Gasteiger partial charge >= 0.3 is 0 Å². The number of aliphatic hydroxyl groups excluding tert-OH is 1. The van der Waals surface area contributed by atoms with Crippen LogP contribution in [0.4, 0.5) is 0 Å². The minimum Gasteiger partial charge on any atom is -0.385 e. The van der Waals surface area contributed by atoms with Crippen LogP contribution in [0.3, 0.4) is 0 Å². The van der Waals surface area contributed by atoms with E-state index in [1.165, 1.54) is 0 Å². The van der Waals surface area contributed by atoms with Crippen molar-refractivity contribution in [1.82, 2.24) is 0 Å². The van der Waals surface area contributed by atoms with Crippen molar-refractivity contribution >= 4 is 0 Å². The van der Waals surface area contributed by atoms with Crippen LogP contribution < -0.4 is 0 Å². The van der Waals surface area contributed by atoms with Gasteiger partial charge in [0, 0.05) is 0 Å². The molecule has 0 aliphatic carbocycles. The van der Waals surface area contributed by atoms with Gasteiger partial charge in [0.15, 0.2) is 6.29 Å². The van der Waals surface area contributed by atoms with E-state index in [0.29, 0.717) is 19.8 Å². The number of benzene rings is 3. The fourth-order valence-corrected chi connectivity index (χ4v) is 4.27. The molecule has 5 atom stereocenters. The van der Waals surface area contributed by atoms with Gasteiger partial charge in [-0.05, 0) is 37.5 Å². The Labute approximate surface area is 220 Å². The molecule has 1 fully saturated rings. The van der Waals surface area contributed by atoms with E-state index in [2.05, 4.69) is 0 Å². The summed E-state index contributed by atoms with van der Waals surface area (Å²) in [5.74, 6) is 0. The van der Waals surface area contributed by atoms with Gasteiger partial charge < -0.3 is 28.8 Å². The molecule has 6 nitrogen and oxygen atoms in total. The summed E-state index contributed by atoms with van der Waals surface area (Å²) in [6, 6.07) is 29.8. The van der Waals surface area contributed by atoms with E-state index >= 15 is 0 Å². The highest BCUT2D eigenvalue weighted by Gasteiger charge is 2.48. The van der Waals surface area contributed by atoms with Crippen LogP contribution in [0, 0.1) is 0 Å². The lowest BCUT2D eigenvalue weighted by atomic mass is 9.97. The maximum absolute atomic E-state index is 11.4. The quantitative estimate of drug-likeness (QED) is 0.382. The molecule has 4 rings (SSSR count). The molecule has 6 heteroatoms. The molecule has 1 saturated heterocycles. The van der Waals surface area contributed by atoms with Crippen LogP contribution in [0.15, 0.2) is 91.0 Å². The number of hydrogen-bond donors (Lipinski definition) is 1. The third kappa shape index (κ3) is 8.47. The van der Waals surface area contributed by atoms with Crippen molar-refractivity contribution in [1.29, 1.82) is 0 Å². The van der Waals surface area contributed by atoms with Gasteiger partial charge in [0.25, 0.3) is 0 Å². The summed E-state index contributed by atoms with van der Waals surface area (Å²) < 4.78 is 31.2. The van der Waals surface area contributed by atoms with Crippen LogP contribution in [-0.4, -0.2) is 48.0 Å². The molecule has 3 aromatic carbocycles. The van der Waals surface area contributed by atoms with Gasteiger partial charge in [-0.2, -0.15) is 0 Å². The summed E-state index contributed by atoms with van der Waals surface area (Å²) in [7, 11) is 0. The fraction of sp³-hybridized carbons (Fsp3) is 0.419. The predicted molar refractivity (Wildman–Crippen MR) is 142 cm³/mol. The van der Waals surface area contributed by atoms with Crippen molar-refractivity contribution in [2.45, 2.75) is 76.9 Å². The van der Waals surface area contributed by atoms with Crippen molar-refractivity contribution < 1.29 is 28.8 Å². The number of rotatable bonds is 11. The molecular weight excluding hydrogens is 468 g/mol. The Morgan fingerprint density at radius 2 is 1.14 bits per heavy atom. The lowest BCUT2D eigenvalue weighted by Crippen LogP contribution is -2.61. The molecule has 0 amide bonds. The SMILES string of the molecule is CC(C)(C)O[C@@H]1O[C@H](COCc2ccccc2)[C@@H](OCc2ccccc2)[C@@H](OCc2ccccc2)[C@@H]1O. The molecular formula is C31H38O6. The van der Waals surface area contributed by atoms with E-state index in [1.807, 2.05) is 112 Å². The monoisotopic (exact) mass is 506 g/mol. The molecule has 198 valence electrons. The second kappa shape index (κ2) is 13.3. The van der Waals surface area contributed by atoms with Gasteiger partial charge in [-0.1, -0.05) is 91.0 Å². The van der Waals surface area contributed by atoms with Crippen LogP contribution in [0.2, 0.25) is 0 Å². The lowest BCUT2D eigenvalue weighted by Gasteiger charge is -2.45. The van der Waals surface area contributed by atoms with Gasteiger partial charge in [0.1, 0.15) is 24.4 Å². The summed E-state index contributed by atoms with van der Waals surface area (Å²) in [6.07, 6.45) is -3.70. The molecule has 3 aromatic rings. The summed E-state index contributed by atoms with van der Waals surface area (Å²) in [4.78, 5) is 0. The highest BCUT2D eigenvalue weighted by Crippen LogP contribution is 2.31. The van der Waals surface area contributed by atoms with Gasteiger partial charge in [-0.3, -0.25) is 0 Å². The first-order chi connectivity index (χ1) is 17.9. The Hall–Kier alpha value is -2.58. The highest BCUT2D eigenvalue weighted by atomic mass is 16.7. The molecule has 0 bridgehead atoms. The molecule has 0 aromatic heterocycles. The molecule has 1 heterocycles. The number of hydrogen-bond acceptors (Lipinski definition) is 6. The third-order valence-corrected chi connectivity index (χ3v) is 6.05. The third-order valence-electron chi connectivity index (χ3n) is 6.05. The minimum absolute atomic E-state index is 0.260. The molecule has 0 saturated carbocycles. The summed E-state index contributed by atoms with van der Waals surface area (Å²) in [5.41, 5.74) is 2.58. The maximum Gasteiger partial charge on any atom is 0.187 e. The lowest BCUT2D eigenvalue weighted by molar-refractivity contribution is -0.335. The topological polar surface area (TPSA) is 66.4 Å². The van der Waals surface area contributed by atoms with E-state index < -0.39 is 36.3 Å². The number of aliphatic hydroxyl groups is 1. The zero-order valence-electron chi connectivity index (χ0n) is 21.9. The molecule has 1 aliphatic rings. The van der Waals surface area contributed by atoms with Gasteiger partial charge in [0.2, 0.25) is 0 Å². The van der Waals surface area contributed by atoms with Crippen molar-refractivity contribution in [3.05, 3.63) is 108 Å². The van der Waals surface area contributed by atoms with Gasteiger partial charge in [-0.15, -0.1) is 0 Å². The highest BCUT2D eigenvalue weighted by molar-refractivity contribution is 5.15. The second-order valence-electron chi connectivity index (χ2n) is 10.3. The molecule has 1 aliphatic heterocycles. The average Bonchev–Trinajstić information content (AvgIpc) is 2.90. The maximum atomic E-state index is 11.4. The largest absolute Gasteiger partial charge is 0.385 e. The zero-order valence-corrected chi connectivity index (χ0v) is 21.9. The fourth-order valence-electron chi connectivity index (χ4n) is 4.27. The Balaban J connectivity index is 1.54. The average molecular weight is 507 g/mol. The smallest absolute Gasteiger partial charge is 0.187 e. The molecule has 0 unspecified atom stereocenters. The summed E-state index contributed by atoms with van der Waals surface area (Å²) in [6.45, 7) is 7.18. The Morgan fingerprint density at radius 1 is 0.676 bits per heavy atom. The van der Waals surface area contributed by atoms with Crippen LogP contribution in [0.5, 0.6) is 0 Å². The van der Waals surface area contributed by atoms with E-state index in [1.54, 1.807) is 0 Å². The van der Waals surface area contributed by atoms with E-state index in [9.17, 15) is 5.11 Å². The molecule has 37 heavy (non-hydrogen) atoms. The van der Waals surface area contributed by atoms with Crippen molar-refractivity contribution in [3.63, 3.8) is 0 Å². The zero-order chi connectivity index (χ0) is 26.1. The molecule has 0 spiro atoms. The van der Waals surface area contributed by atoms with Crippen molar-refractivity contribution in [3.8, 4) is 0 Å². The van der Waals surface area contributed by atoms with Crippen LogP contribution >= 0.6 is 0 Å². The summed E-state index contributed by atoms with van der Waals surface area (Å²) in [5, 5.41) is 11.4. The van der Waals surface area contributed by atoms with Crippen LogP contribution in [0.25, 0.3) is 0 Å². The first-order valence-electron chi connectivity index (χ1n) is 12.8. The Bertz CT molecular complexity index is 1040. The van der Waals surface area contributed by atoms with E-state index in [0.717, 1.165) is 16.7 Å². The minimum atomic E-state index is -1.05. The van der Waals surface area contributed by atoms with Crippen LogP contribution in [0.1, 0.15) is 37.5 Å². The van der Waals surface area contributed by atoms with E-state index in [-0.39, 0.29) is 6.61 Å². The first-order valence-corrected chi connectivity index (χ1v) is 12.8. The van der Waals surface area contributed by atoms with Crippen molar-refractivity contribution in [2.24, 2.45) is 0 Å². The van der Waals surface area contributed by atoms with Gasteiger partial charge in [0.05, 0.1) is 32.0 Å². The molecule has 0 radical (unpaired) electrons. The first kappa shape index (κ1) is 27.5. The Morgan fingerprint density at radius 3 is 1.62 bits per heavy atom. The van der Waals surface area contributed by atoms with Crippen LogP contribution in [-0.2, 0) is 43.5 Å². The number of ether oxygens (including phenoxy) is 5. The predicted octanol–water partition coefficient (Wildman–Crippen LogP) is 5.27. The van der Waals surface area contributed by atoms with E-state index in [4.69, 9.17) is 23.7 Å². The second-order valence-corrected chi connectivity index (χ2v) is 10.3. The summed E-state index contributed by atoms with van der Waals surface area (Å²) >= 11 is 0. The van der Waals surface area contributed by atoms with Crippen molar-refractivity contribution in [2.75, 3.05) is 6.61 Å². The Kier molecular flexibility index (Phi) is 9.86. The normalized spacial score (nSPS) is 24.2. The van der Waals surface area contributed by atoms with Gasteiger partial charge in [-0.25, -0.2) is 0 Å². The molecule has 1 N–H and O–H groups in total.